The molecule has 1 aromatic rings. The summed E-state index contributed by atoms with van der Waals surface area (Å²) in [6.45, 7) is 3.20. The van der Waals surface area contributed by atoms with Crippen LogP contribution in [-0.4, -0.2) is 29.3 Å². The second-order valence-corrected chi connectivity index (χ2v) is 8.62. The summed E-state index contributed by atoms with van der Waals surface area (Å²) < 4.78 is 11.2. The van der Waals surface area contributed by atoms with Crippen LogP contribution in [-0.2, 0) is 8.85 Å². The van der Waals surface area contributed by atoms with Crippen LogP contribution < -0.4 is 5.32 Å². The molecular weight excluding hydrogens is 254 g/mol. The lowest BCUT2D eigenvalue weighted by molar-refractivity contribution is 0.241. The van der Waals surface area contributed by atoms with Crippen LogP contribution in [0.3, 0.4) is 0 Å². The zero-order valence-corrected chi connectivity index (χ0v) is 13.4. The quantitative estimate of drug-likeness (QED) is 0.519. The van der Waals surface area contributed by atoms with E-state index in [4.69, 9.17) is 8.85 Å². The van der Waals surface area contributed by atoms with Crippen LogP contribution in [0.5, 0.6) is 0 Å². The van der Waals surface area contributed by atoms with E-state index in [-0.39, 0.29) is 0 Å². The maximum Gasteiger partial charge on any atom is 0.337 e. The lowest BCUT2D eigenvalue weighted by Crippen LogP contribution is -2.38. The van der Waals surface area contributed by atoms with E-state index in [9.17, 15) is 0 Å². The maximum atomic E-state index is 5.61. The van der Waals surface area contributed by atoms with E-state index in [2.05, 4.69) is 36.5 Å². The zero-order chi connectivity index (χ0) is 14.0. The number of benzene rings is 1. The van der Waals surface area contributed by atoms with Crippen LogP contribution in [0.2, 0.25) is 12.1 Å². The first kappa shape index (κ1) is 16.2. The molecule has 0 heterocycles. The average molecular weight is 281 g/mol. The monoisotopic (exact) mass is 281 g/mol. The minimum atomic E-state index is -1.86. The minimum absolute atomic E-state index is 1.03. The van der Waals surface area contributed by atoms with Crippen molar-refractivity contribution in [3.63, 3.8) is 0 Å². The minimum Gasteiger partial charge on any atom is -0.398 e. The van der Waals surface area contributed by atoms with Crippen LogP contribution >= 0.6 is 0 Å². The van der Waals surface area contributed by atoms with E-state index in [0.29, 0.717) is 0 Å². The number of rotatable bonds is 10. The molecule has 0 aliphatic heterocycles. The molecular formula is C15H27NO2Si. The number of nitrogens with one attached hydrogen (secondary N) is 1. The van der Waals surface area contributed by atoms with E-state index in [1.165, 1.54) is 24.9 Å². The average Bonchev–Trinajstić information content (AvgIpc) is 2.48. The normalized spacial score (nSPS) is 11.5. The number of unbranched alkanes of at least 4 members (excludes halogenated alkanes) is 2. The van der Waals surface area contributed by atoms with Crippen molar-refractivity contribution in [1.29, 1.82) is 0 Å². The van der Waals surface area contributed by atoms with Gasteiger partial charge in [-0.3, -0.25) is 0 Å². The highest BCUT2D eigenvalue weighted by atomic mass is 28.4. The number of hydrogen-bond acceptors (Lipinski definition) is 3. The second-order valence-electron chi connectivity index (χ2n) is 4.78. The molecule has 19 heavy (non-hydrogen) atoms. The van der Waals surface area contributed by atoms with Gasteiger partial charge in [0.05, 0.1) is 0 Å². The van der Waals surface area contributed by atoms with Gasteiger partial charge in [0.25, 0.3) is 0 Å². The molecule has 3 nitrogen and oxygen atoms in total. The van der Waals surface area contributed by atoms with Crippen LogP contribution in [0.1, 0.15) is 26.2 Å². The molecule has 0 aliphatic carbocycles. The Morgan fingerprint density at radius 1 is 1.00 bits per heavy atom. The Morgan fingerprint density at radius 3 is 2.26 bits per heavy atom. The van der Waals surface area contributed by atoms with Crippen LogP contribution in [0, 0.1) is 0 Å². The third kappa shape index (κ3) is 5.76. The summed E-state index contributed by atoms with van der Waals surface area (Å²) >= 11 is 0. The van der Waals surface area contributed by atoms with Crippen molar-refractivity contribution < 1.29 is 8.85 Å². The first-order valence-corrected chi connectivity index (χ1v) is 9.38. The van der Waals surface area contributed by atoms with Gasteiger partial charge in [-0.25, -0.2) is 0 Å². The molecule has 0 aliphatic rings. The van der Waals surface area contributed by atoms with E-state index in [0.717, 1.165) is 18.6 Å². The summed E-state index contributed by atoms with van der Waals surface area (Å²) in [6.07, 6.45) is 3.61. The van der Waals surface area contributed by atoms with Crippen molar-refractivity contribution >= 4 is 14.2 Å². The number of anilines is 1. The van der Waals surface area contributed by atoms with Gasteiger partial charge in [0.2, 0.25) is 0 Å². The first-order chi connectivity index (χ1) is 9.26. The van der Waals surface area contributed by atoms with Gasteiger partial charge in [0.1, 0.15) is 0 Å². The smallest absolute Gasteiger partial charge is 0.337 e. The lowest BCUT2D eigenvalue weighted by atomic mass is 10.2. The molecule has 0 spiro atoms. The molecule has 1 N–H and O–H groups in total. The van der Waals surface area contributed by atoms with E-state index in [1.807, 2.05) is 6.07 Å². The second kappa shape index (κ2) is 9.12. The van der Waals surface area contributed by atoms with E-state index < -0.39 is 8.56 Å². The van der Waals surface area contributed by atoms with Crippen molar-refractivity contribution in [2.45, 2.75) is 38.3 Å². The van der Waals surface area contributed by atoms with Gasteiger partial charge >= 0.3 is 8.56 Å². The predicted molar refractivity (Wildman–Crippen MR) is 83.8 cm³/mol. The molecule has 0 aromatic heterocycles. The van der Waals surface area contributed by atoms with Crippen molar-refractivity contribution in [2.24, 2.45) is 0 Å². The molecule has 1 rings (SSSR count). The standard InChI is InChI=1S/C15H27NO2Si/c1-4-19(17-2,18-3)14-10-6-9-13-16-15-11-7-5-8-12-15/h5,7-8,11-12,16H,4,6,9-10,13-14H2,1-3H3. The molecule has 0 bridgehead atoms. The third-order valence-corrected chi connectivity index (χ3v) is 7.30. The summed E-state index contributed by atoms with van der Waals surface area (Å²) in [4.78, 5) is 0. The highest BCUT2D eigenvalue weighted by Crippen LogP contribution is 2.20. The zero-order valence-electron chi connectivity index (χ0n) is 12.4. The van der Waals surface area contributed by atoms with E-state index in [1.54, 1.807) is 14.2 Å². The molecule has 0 fully saturated rings. The van der Waals surface area contributed by atoms with Crippen LogP contribution in [0.4, 0.5) is 5.69 Å². The Balaban J connectivity index is 2.11. The van der Waals surface area contributed by atoms with Gasteiger partial charge in [-0.15, -0.1) is 0 Å². The van der Waals surface area contributed by atoms with E-state index >= 15 is 0 Å². The maximum absolute atomic E-state index is 5.61. The predicted octanol–water partition coefficient (Wildman–Crippen LogP) is 4.02. The van der Waals surface area contributed by atoms with Crippen molar-refractivity contribution in [1.82, 2.24) is 0 Å². The topological polar surface area (TPSA) is 30.5 Å². The van der Waals surface area contributed by atoms with Crippen LogP contribution in [0.15, 0.2) is 30.3 Å². The van der Waals surface area contributed by atoms with Crippen LogP contribution in [0.25, 0.3) is 0 Å². The Kier molecular flexibility index (Phi) is 7.78. The molecule has 0 atom stereocenters. The fourth-order valence-electron chi connectivity index (χ4n) is 2.24. The van der Waals surface area contributed by atoms with Crippen molar-refractivity contribution in [2.75, 3.05) is 26.1 Å². The first-order valence-electron chi connectivity index (χ1n) is 7.15. The molecule has 0 saturated carbocycles. The van der Waals surface area contributed by atoms with Gasteiger partial charge < -0.3 is 14.2 Å². The summed E-state index contributed by atoms with van der Waals surface area (Å²) in [5.41, 5.74) is 1.20. The summed E-state index contributed by atoms with van der Waals surface area (Å²) in [6, 6.07) is 12.5. The SMILES string of the molecule is CC[Si](CCCCCNc1ccccc1)(OC)OC. The lowest BCUT2D eigenvalue weighted by Gasteiger charge is -2.25. The Hall–Kier alpha value is -0.843. The molecule has 108 valence electrons. The molecule has 0 saturated heterocycles. The largest absolute Gasteiger partial charge is 0.398 e. The highest BCUT2D eigenvalue weighted by Gasteiger charge is 2.32. The van der Waals surface area contributed by atoms with Gasteiger partial charge in [-0.2, -0.15) is 0 Å². The molecule has 0 unspecified atom stereocenters. The van der Waals surface area contributed by atoms with Gasteiger partial charge in [-0.1, -0.05) is 38.0 Å². The Bertz CT molecular complexity index is 320. The molecule has 1 aromatic carbocycles. The molecule has 0 amide bonds. The third-order valence-electron chi connectivity index (χ3n) is 3.62. The van der Waals surface area contributed by atoms with Gasteiger partial charge in [0.15, 0.2) is 0 Å². The highest BCUT2D eigenvalue weighted by molar-refractivity contribution is 6.67. The Morgan fingerprint density at radius 2 is 1.68 bits per heavy atom. The number of hydrogen-bond donors (Lipinski definition) is 1. The van der Waals surface area contributed by atoms with Gasteiger partial charge in [0, 0.05) is 26.5 Å². The van der Waals surface area contributed by atoms with Crippen molar-refractivity contribution in [3.05, 3.63) is 30.3 Å². The number of para-hydroxylation sites is 1. The Labute approximate surface area is 118 Å². The molecule has 0 radical (unpaired) electrons. The van der Waals surface area contributed by atoms with Gasteiger partial charge in [-0.05, 0) is 30.6 Å². The summed E-state index contributed by atoms with van der Waals surface area (Å²) in [5.74, 6) is 0. The summed E-state index contributed by atoms with van der Waals surface area (Å²) in [5, 5.41) is 3.43. The van der Waals surface area contributed by atoms with Crippen molar-refractivity contribution in [3.8, 4) is 0 Å². The summed E-state index contributed by atoms with van der Waals surface area (Å²) in [7, 11) is 1.71. The fraction of sp³-hybridized carbons (Fsp3) is 0.600. The molecule has 4 heteroatoms. The fourth-order valence-corrected chi connectivity index (χ4v) is 4.53.